The van der Waals surface area contributed by atoms with Crippen LogP contribution in [0.5, 0.6) is 0 Å². The van der Waals surface area contributed by atoms with Crippen molar-refractivity contribution in [1.82, 2.24) is 15.1 Å². The summed E-state index contributed by atoms with van der Waals surface area (Å²) in [4.78, 5) is 25.0. The molecule has 0 saturated carbocycles. The van der Waals surface area contributed by atoms with Gasteiger partial charge in [0.25, 0.3) is 11.5 Å². The standard InChI is InChI=1S/C17H24N4O2/c1-11(2)9-21-16(23)13-8-6-5-7-12(13)14(20-21)15(22)19-10-17(3,4)18/h5-8,11H,9-10,18H2,1-4H3,(H,19,22). The first kappa shape index (κ1) is 17.1. The van der Waals surface area contributed by atoms with Gasteiger partial charge in [0.05, 0.1) is 5.39 Å². The minimum absolute atomic E-state index is 0.176. The van der Waals surface area contributed by atoms with Gasteiger partial charge in [0.15, 0.2) is 5.69 Å². The van der Waals surface area contributed by atoms with Crippen molar-refractivity contribution in [2.75, 3.05) is 6.54 Å². The minimum atomic E-state index is -0.516. The Balaban J connectivity index is 2.51. The zero-order valence-electron chi connectivity index (χ0n) is 14.1. The van der Waals surface area contributed by atoms with Crippen LogP contribution in [-0.4, -0.2) is 27.8 Å². The van der Waals surface area contributed by atoms with E-state index in [-0.39, 0.29) is 23.1 Å². The molecule has 0 atom stereocenters. The van der Waals surface area contributed by atoms with Crippen molar-refractivity contribution in [1.29, 1.82) is 0 Å². The molecule has 0 bridgehead atoms. The fourth-order valence-electron chi connectivity index (χ4n) is 2.26. The Morgan fingerprint density at radius 2 is 1.91 bits per heavy atom. The highest BCUT2D eigenvalue weighted by Gasteiger charge is 2.19. The van der Waals surface area contributed by atoms with Gasteiger partial charge in [-0.05, 0) is 25.8 Å². The Hall–Kier alpha value is -2.21. The molecule has 3 N–H and O–H groups in total. The number of amides is 1. The van der Waals surface area contributed by atoms with Crippen LogP contribution in [0.4, 0.5) is 0 Å². The normalized spacial score (nSPS) is 11.9. The molecule has 0 aliphatic carbocycles. The predicted octanol–water partition coefficient (Wildman–Crippen LogP) is 1.52. The van der Waals surface area contributed by atoms with Crippen molar-refractivity contribution in [2.45, 2.75) is 39.8 Å². The molecule has 23 heavy (non-hydrogen) atoms. The zero-order chi connectivity index (χ0) is 17.2. The fourth-order valence-corrected chi connectivity index (χ4v) is 2.26. The third-order valence-electron chi connectivity index (χ3n) is 3.33. The van der Waals surface area contributed by atoms with Crippen LogP contribution >= 0.6 is 0 Å². The van der Waals surface area contributed by atoms with E-state index < -0.39 is 5.54 Å². The molecule has 0 fully saturated rings. The first-order valence-corrected chi connectivity index (χ1v) is 7.76. The van der Waals surface area contributed by atoms with Gasteiger partial charge in [0, 0.05) is 24.0 Å². The average molecular weight is 316 g/mol. The van der Waals surface area contributed by atoms with E-state index in [0.29, 0.717) is 23.9 Å². The molecule has 2 aromatic rings. The lowest BCUT2D eigenvalue weighted by Gasteiger charge is -2.19. The molecule has 0 aliphatic rings. The summed E-state index contributed by atoms with van der Waals surface area (Å²) in [5, 5.41) is 8.14. The van der Waals surface area contributed by atoms with Gasteiger partial charge in [0.2, 0.25) is 0 Å². The SMILES string of the molecule is CC(C)Cn1nc(C(=O)NCC(C)(C)N)c2ccccc2c1=O. The molecule has 2 rings (SSSR count). The monoisotopic (exact) mass is 316 g/mol. The second-order valence-electron chi connectivity index (χ2n) is 6.95. The highest BCUT2D eigenvalue weighted by molar-refractivity contribution is 6.04. The Morgan fingerprint density at radius 3 is 2.48 bits per heavy atom. The summed E-state index contributed by atoms with van der Waals surface area (Å²) in [5.74, 6) is -0.0718. The molecule has 1 aromatic heterocycles. The zero-order valence-corrected chi connectivity index (χ0v) is 14.1. The van der Waals surface area contributed by atoms with Gasteiger partial charge >= 0.3 is 0 Å². The van der Waals surface area contributed by atoms with E-state index in [2.05, 4.69) is 10.4 Å². The van der Waals surface area contributed by atoms with Gasteiger partial charge in [-0.1, -0.05) is 32.0 Å². The molecule has 0 radical (unpaired) electrons. The predicted molar refractivity (Wildman–Crippen MR) is 91.4 cm³/mol. The first-order chi connectivity index (χ1) is 10.7. The second-order valence-corrected chi connectivity index (χ2v) is 6.95. The van der Waals surface area contributed by atoms with Gasteiger partial charge in [-0.15, -0.1) is 0 Å². The fraction of sp³-hybridized carbons (Fsp3) is 0.471. The van der Waals surface area contributed by atoms with Crippen molar-refractivity contribution in [3.8, 4) is 0 Å². The van der Waals surface area contributed by atoms with Crippen LogP contribution in [0.25, 0.3) is 10.8 Å². The Morgan fingerprint density at radius 1 is 1.30 bits per heavy atom. The maximum absolute atomic E-state index is 12.5. The van der Waals surface area contributed by atoms with E-state index in [0.717, 1.165) is 0 Å². The Labute approximate surface area is 135 Å². The largest absolute Gasteiger partial charge is 0.349 e. The second kappa shape index (κ2) is 6.50. The summed E-state index contributed by atoms with van der Waals surface area (Å²) >= 11 is 0. The molecule has 0 spiro atoms. The summed E-state index contributed by atoms with van der Waals surface area (Å²) in [6.45, 7) is 8.45. The summed E-state index contributed by atoms with van der Waals surface area (Å²) in [7, 11) is 0. The van der Waals surface area contributed by atoms with E-state index in [1.165, 1.54) is 4.68 Å². The van der Waals surface area contributed by atoms with Crippen molar-refractivity contribution in [2.24, 2.45) is 11.7 Å². The summed E-state index contributed by atoms with van der Waals surface area (Å²) in [6.07, 6.45) is 0. The smallest absolute Gasteiger partial charge is 0.274 e. The number of carbonyl (C=O) groups is 1. The van der Waals surface area contributed by atoms with E-state index in [9.17, 15) is 9.59 Å². The minimum Gasteiger partial charge on any atom is -0.349 e. The number of hydrogen-bond acceptors (Lipinski definition) is 4. The van der Waals surface area contributed by atoms with Gasteiger partial charge in [-0.2, -0.15) is 5.10 Å². The molecular formula is C17H24N4O2. The van der Waals surface area contributed by atoms with Crippen LogP contribution in [-0.2, 0) is 6.54 Å². The highest BCUT2D eigenvalue weighted by Crippen LogP contribution is 2.14. The van der Waals surface area contributed by atoms with Crippen LogP contribution in [0.15, 0.2) is 29.1 Å². The van der Waals surface area contributed by atoms with E-state index in [4.69, 9.17) is 5.73 Å². The highest BCUT2D eigenvalue weighted by atomic mass is 16.2. The van der Waals surface area contributed by atoms with E-state index in [1.807, 2.05) is 27.7 Å². The van der Waals surface area contributed by atoms with Crippen molar-refractivity contribution in [3.63, 3.8) is 0 Å². The van der Waals surface area contributed by atoms with Crippen molar-refractivity contribution in [3.05, 3.63) is 40.3 Å². The number of carbonyl (C=O) groups excluding carboxylic acids is 1. The van der Waals surface area contributed by atoms with Gasteiger partial charge in [0.1, 0.15) is 0 Å². The lowest BCUT2D eigenvalue weighted by molar-refractivity contribution is 0.0940. The van der Waals surface area contributed by atoms with Crippen LogP contribution in [0.3, 0.4) is 0 Å². The topological polar surface area (TPSA) is 90.0 Å². The molecule has 1 heterocycles. The quantitative estimate of drug-likeness (QED) is 0.875. The van der Waals surface area contributed by atoms with Crippen LogP contribution in [0, 0.1) is 5.92 Å². The molecule has 124 valence electrons. The number of hydrogen-bond donors (Lipinski definition) is 2. The number of nitrogens with two attached hydrogens (primary N) is 1. The molecule has 1 aromatic carbocycles. The third kappa shape index (κ3) is 4.16. The van der Waals surface area contributed by atoms with Crippen molar-refractivity contribution < 1.29 is 4.79 Å². The maximum atomic E-state index is 12.5. The molecular weight excluding hydrogens is 292 g/mol. The maximum Gasteiger partial charge on any atom is 0.274 e. The number of benzene rings is 1. The summed E-state index contributed by atoms with van der Waals surface area (Å²) < 4.78 is 1.37. The number of nitrogens with one attached hydrogen (secondary N) is 1. The molecule has 0 aliphatic heterocycles. The van der Waals surface area contributed by atoms with Crippen molar-refractivity contribution >= 4 is 16.7 Å². The Bertz CT molecular complexity index is 772. The van der Waals surface area contributed by atoms with E-state index >= 15 is 0 Å². The van der Waals surface area contributed by atoms with Crippen LogP contribution in [0.2, 0.25) is 0 Å². The average Bonchev–Trinajstić information content (AvgIpc) is 2.46. The van der Waals surface area contributed by atoms with Crippen LogP contribution in [0.1, 0.15) is 38.2 Å². The van der Waals surface area contributed by atoms with Crippen LogP contribution < -0.4 is 16.6 Å². The number of rotatable bonds is 5. The third-order valence-corrected chi connectivity index (χ3v) is 3.33. The van der Waals surface area contributed by atoms with Gasteiger partial charge in [-0.3, -0.25) is 9.59 Å². The molecule has 0 saturated heterocycles. The Kier molecular flexibility index (Phi) is 4.85. The molecule has 6 nitrogen and oxygen atoms in total. The lowest BCUT2D eigenvalue weighted by Crippen LogP contribution is -2.45. The summed E-state index contributed by atoms with van der Waals surface area (Å²) in [6, 6.07) is 7.04. The van der Waals surface area contributed by atoms with Gasteiger partial charge in [-0.25, -0.2) is 4.68 Å². The van der Waals surface area contributed by atoms with Gasteiger partial charge < -0.3 is 11.1 Å². The first-order valence-electron chi connectivity index (χ1n) is 7.76. The number of aromatic nitrogens is 2. The summed E-state index contributed by atoms with van der Waals surface area (Å²) in [5.41, 5.74) is 5.47. The number of fused-ring (bicyclic) bond motifs is 1. The molecule has 0 unspecified atom stereocenters. The molecule has 6 heteroatoms. The lowest BCUT2D eigenvalue weighted by atomic mass is 10.1. The van der Waals surface area contributed by atoms with E-state index in [1.54, 1.807) is 24.3 Å². The molecule has 1 amide bonds. The number of nitrogens with zero attached hydrogens (tertiary/aromatic N) is 2.